The molecule has 4 aliphatic rings. The molecule has 1 aliphatic carbocycles. The number of amides is 4. The maximum absolute atomic E-state index is 13.0. The summed E-state index contributed by atoms with van der Waals surface area (Å²) >= 11 is 0. The lowest BCUT2D eigenvalue weighted by Gasteiger charge is -2.27. The van der Waals surface area contributed by atoms with E-state index in [9.17, 15) is 19.2 Å². The van der Waals surface area contributed by atoms with Crippen molar-refractivity contribution >= 4 is 23.6 Å². The van der Waals surface area contributed by atoms with E-state index in [4.69, 9.17) is 0 Å². The molecule has 3 N–H and O–H groups in total. The fraction of sp³-hybridized carbons (Fsp3) is 0.500. The Morgan fingerprint density at radius 1 is 1.18 bits per heavy atom. The Morgan fingerprint density at radius 2 is 2.04 bits per heavy atom. The van der Waals surface area contributed by atoms with Crippen molar-refractivity contribution in [2.75, 3.05) is 19.6 Å². The molecule has 8 heteroatoms. The summed E-state index contributed by atoms with van der Waals surface area (Å²) in [5, 5.41) is 9.08. The van der Waals surface area contributed by atoms with E-state index in [-0.39, 0.29) is 18.7 Å². The van der Waals surface area contributed by atoms with Gasteiger partial charge in [-0.1, -0.05) is 12.1 Å². The van der Waals surface area contributed by atoms with E-state index in [2.05, 4.69) is 16.0 Å². The lowest BCUT2D eigenvalue weighted by molar-refractivity contribution is -0.136. The molecular weight excluding hydrogens is 360 g/mol. The van der Waals surface area contributed by atoms with E-state index < -0.39 is 23.8 Å². The molecule has 1 aromatic carbocycles. The summed E-state index contributed by atoms with van der Waals surface area (Å²) in [6.45, 7) is 3.49. The lowest BCUT2D eigenvalue weighted by Crippen LogP contribution is -2.54. The second kappa shape index (κ2) is 6.22. The molecular formula is C20H22N4O4. The number of carbonyl (C=O) groups excluding carboxylic acids is 4. The summed E-state index contributed by atoms with van der Waals surface area (Å²) in [4.78, 5) is 50.5. The normalized spacial score (nSPS) is 31.1. The van der Waals surface area contributed by atoms with Gasteiger partial charge >= 0.3 is 0 Å². The molecule has 5 rings (SSSR count). The number of benzene rings is 1. The van der Waals surface area contributed by atoms with Crippen LogP contribution in [-0.4, -0.2) is 54.2 Å². The third-order valence-corrected chi connectivity index (χ3v) is 6.57. The minimum absolute atomic E-state index is 0.121. The van der Waals surface area contributed by atoms with Crippen LogP contribution in [0.15, 0.2) is 18.2 Å². The quantitative estimate of drug-likeness (QED) is 0.608. The van der Waals surface area contributed by atoms with Crippen LogP contribution in [0.5, 0.6) is 0 Å². The summed E-state index contributed by atoms with van der Waals surface area (Å²) in [5.41, 5.74) is 1.82. The zero-order valence-electron chi connectivity index (χ0n) is 15.4. The van der Waals surface area contributed by atoms with Gasteiger partial charge in [0.05, 0.1) is 11.1 Å². The fourth-order valence-electron chi connectivity index (χ4n) is 4.89. The van der Waals surface area contributed by atoms with Gasteiger partial charge < -0.3 is 10.6 Å². The molecule has 1 unspecified atom stereocenters. The van der Waals surface area contributed by atoms with Crippen LogP contribution in [0.1, 0.15) is 45.5 Å². The Bertz CT molecular complexity index is 913. The number of nitrogens with zero attached hydrogens (tertiary/aromatic N) is 1. The molecule has 2 saturated heterocycles. The molecule has 3 aliphatic heterocycles. The largest absolute Gasteiger partial charge is 0.316 e. The maximum Gasteiger partial charge on any atom is 0.262 e. The van der Waals surface area contributed by atoms with Gasteiger partial charge in [0.2, 0.25) is 11.8 Å². The minimum atomic E-state index is -0.929. The average molecular weight is 382 g/mol. The van der Waals surface area contributed by atoms with Crippen molar-refractivity contribution < 1.29 is 19.2 Å². The van der Waals surface area contributed by atoms with Gasteiger partial charge in [-0.05, 0) is 42.3 Å². The van der Waals surface area contributed by atoms with Crippen LogP contribution < -0.4 is 16.0 Å². The first kappa shape index (κ1) is 17.5. The molecule has 0 spiro atoms. The average Bonchev–Trinajstić information content (AvgIpc) is 3.10. The van der Waals surface area contributed by atoms with Gasteiger partial charge in [0.1, 0.15) is 6.04 Å². The van der Waals surface area contributed by atoms with Crippen molar-refractivity contribution in [3.8, 4) is 0 Å². The zero-order valence-corrected chi connectivity index (χ0v) is 15.4. The summed E-state index contributed by atoms with van der Waals surface area (Å²) in [6.07, 6.45) is 1.52. The maximum atomic E-state index is 13.0. The summed E-state index contributed by atoms with van der Waals surface area (Å²) in [6, 6.07) is 4.31. The summed E-state index contributed by atoms with van der Waals surface area (Å²) < 4.78 is 0. The molecule has 4 amide bonds. The lowest BCUT2D eigenvalue weighted by atomic mass is 10.0. The number of imide groups is 2. The van der Waals surface area contributed by atoms with E-state index in [0.29, 0.717) is 23.1 Å². The smallest absolute Gasteiger partial charge is 0.262 e. The van der Waals surface area contributed by atoms with Crippen molar-refractivity contribution in [2.45, 2.75) is 31.8 Å². The number of hydrogen-bond acceptors (Lipinski definition) is 6. The van der Waals surface area contributed by atoms with E-state index in [1.165, 1.54) is 6.42 Å². The van der Waals surface area contributed by atoms with Gasteiger partial charge in [0, 0.05) is 26.1 Å². The van der Waals surface area contributed by atoms with Gasteiger partial charge in [-0.15, -0.1) is 0 Å². The van der Waals surface area contributed by atoms with E-state index >= 15 is 0 Å². The molecule has 3 fully saturated rings. The number of piperidine rings is 2. The molecule has 0 aromatic heterocycles. The van der Waals surface area contributed by atoms with E-state index in [0.717, 1.165) is 36.0 Å². The van der Waals surface area contributed by atoms with Crippen LogP contribution >= 0.6 is 0 Å². The molecule has 3 atom stereocenters. The first-order valence-electron chi connectivity index (χ1n) is 9.75. The number of carbonyl (C=O) groups is 4. The van der Waals surface area contributed by atoms with Crippen molar-refractivity contribution in [3.05, 3.63) is 34.9 Å². The number of fused-ring (bicyclic) bond motifs is 2. The van der Waals surface area contributed by atoms with Crippen molar-refractivity contribution in [3.63, 3.8) is 0 Å². The third-order valence-electron chi connectivity index (χ3n) is 6.57. The Kier molecular flexibility index (Phi) is 3.89. The van der Waals surface area contributed by atoms with Crippen LogP contribution in [0.2, 0.25) is 0 Å². The Labute approximate surface area is 162 Å². The monoisotopic (exact) mass is 382 g/mol. The highest BCUT2D eigenvalue weighted by molar-refractivity contribution is 6.24. The molecule has 1 aromatic rings. The molecule has 28 heavy (non-hydrogen) atoms. The highest BCUT2D eigenvalue weighted by atomic mass is 16.2. The van der Waals surface area contributed by atoms with E-state index in [1.807, 2.05) is 6.07 Å². The number of hydrogen-bond donors (Lipinski definition) is 3. The van der Waals surface area contributed by atoms with Gasteiger partial charge in [0.15, 0.2) is 0 Å². The summed E-state index contributed by atoms with van der Waals surface area (Å²) in [7, 11) is 0. The fourth-order valence-corrected chi connectivity index (χ4v) is 4.89. The Hall–Kier alpha value is -2.58. The van der Waals surface area contributed by atoms with Gasteiger partial charge in [0.25, 0.3) is 11.8 Å². The van der Waals surface area contributed by atoms with Crippen LogP contribution in [0.25, 0.3) is 0 Å². The first-order chi connectivity index (χ1) is 13.5. The van der Waals surface area contributed by atoms with Gasteiger partial charge in [-0.25, -0.2) is 0 Å². The molecule has 1 saturated carbocycles. The van der Waals surface area contributed by atoms with Crippen LogP contribution in [0.3, 0.4) is 0 Å². The topological polar surface area (TPSA) is 108 Å². The predicted molar refractivity (Wildman–Crippen MR) is 98.2 cm³/mol. The minimum Gasteiger partial charge on any atom is -0.316 e. The number of nitrogens with one attached hydrogen (secondary N) is 3. The molecule has 0 bridgehead atoms. The third kappa shape index (κ3) is 2.59. The molecule has 8 nitrogen and oxygen atoms in total. The van der Waals surface area contributed by atoms with Crippen LogP contribution in [-0.2, 0) is 16.1 Å². The second-order valence-corrected chi connectivity index (χ2v) is 8.28. The zero-order chi connectivity index (χ0) is 19.5. The van der Waals surface area contributed by atoms with Crippen molar-refractivity contribution in [1.29, 1.82) is 0 Å². The SMILES string of the molecule is O=C1CCC(N2C(=O)c3cccc(CNC[C@@]45CNC[C@@H]4C5)c3C2=O)C(=O)N1. The van der Waals surface area contributed by atoms with Crippen molar-refractivity contribution in [1.82, 2.24) is 20.9 Å². The second-order valence-electron chi connectivity index (χ2n) is 8.28. The number of rotatable bonds is 5. The standard InChI is InChI=1S/C20H22N4O4/c25-15-5-4-14(17(26)23-15)24-18(27)13-3-1-2-11(16(13)19(24)28)7-21-9-20-6-12(20)8-22-10-20/h1-3,12,14,21-22H,4-10H2,(H,23,25,26)/t12-,14?,20-/m0/s1. The molecule has 146 valence electrons. The van der Waals surface area contributed by atoms with E-state index in [1.54, 1.807) is 12.1 Å². The van der Waals surface area contributed by atoms with Gasteiger partial charge in [-0.2, -0.15) is 0 Å². The molecule has 3 heterocycles. The van der Waals surface area contributed by atoms with Crippen LogP contribution in [0, 0.1) is 11.3 Å². The predicted octanol–water partition coefficient (Wildman–Crippen LogP) is -0.213. The Morgan fingerprint density at radius 3 is 2.75 bits per heavy atom. The molecule has 0 radical (unpaired) electrons. The van der Waals surface area contributed by atoms with Gasteiger partial charge in [-0.3, -0.25) is 29.4 Å². The van der Waals surface area contributed by atoms with Crippen LogP contribution in [0.4, 0.5) is 0 Å². The first-order valence-corrected chi connectivity index (χ1v) is 9.75. The Balaban J connectivity index is 1.34. The highest BCUT2D eigenvalue weighted by Gasteiger charge is 2.56. The van der Waals surface area contributed by atoms with Crippen molar-refractivity contribution in [2.24, 2.45) is 11.3 Å². The highest BCUT2D eigenvalue weighted by Crippen LogP contribution is 2.54. The summed E-state index contributed by atoms with van der Waals surface area (Å²) in [5.74, 6) is -1.12.